The van der Waals surface area contributed by atoms with Gasteiger partial charge in [0.1, 0.15) is 19.8 Å². The van der Waals surface area contributed by atoms with Gasteiger partial charge in [0.25, 0.3) is 7.82 Å². The quantitative estimate of drug-likeness (QED) is 0.0196. The molecule has 0 aromatic rings. The molecule has 2 atom stereocenters. The number of ether oxygens (including phenoxy) is 2. The molecule has 0 fully saturated rings. The van der Waals surface area contributed by atoms with Crippen molar-refractivity contribution in [3.8, 4) is 0 Å². The molecule has 0 aromatic carbocycles. The Kier molecular flexibility index (Phi) is 41.2. The van der Waals surface area contributed by atoms with Crippen LogP contribution in [0.2, 0.25) is 0 Å². The molecule has 0 aromatic heterocycles. The summed E-state index contributed by atoms with van der Waals surface area (Å²) < 4.78 is 34.0. The monoisotopic (exact) mass is 858 g/mol. The summed E-state index contributed by atoms with van der Waals surface area (Å²) in [5.74, 6) is -0.846. The molecule has 0 spiro atoms. The number of unbranched alkanes of at least 4 members (excludes halogenated alkanes) is 30. The molecule has 0 aliphatic heterocycles. The average molecular weight is 858 g/mol. The lowest BCUT2D eigenvalue weighted by Crippen LogP contribution is -2.37. The Labute approximate surface area is 365 Å². The molecule has 10 heteroatoms. The van der Waals surface area contributed by atoms with Gasteiger partial charge in [0.15, 0.2) is 6.10 Å². The van der Waals surface area contributed by atoms with Gasteiger partial charge in [-0.05, 0) is 38.5 Å². The van der Waals surface area contributed by atoms with Gasteiger partial charge in [0, 0.05) is 12.8 Å². The van der Waals surface area contributed by atoms with Crippen LogP contribution < -0.4 is 4.89 Å². The van der Waals surface area contributed by atoms with E-state index in [9.17, 15) is 19.0 Å². The third-order valence-corrected chi connectivity index (χ3v) is 12.0. The number of nitrogens with zero attached hydrogens (tertiary/aromatic N) is 1. The van der Waals surface area contributed by atoms with E-state index in [2.05, 4.69) is 26.0 Å². The van der Waals surface area contributed by atoms with E-state index in [1.54, 1.807) is 0 Å². The third kappa shape index (κ3) is 46.1. The van der Waals surface area contributed by atoms with Gasteiger partial charge in [-0.15, -0.1) is 0 Å². The van der Waals surface area contributed by atoms with E-state index in [1.165, 1.54) is 167 Å². The van der Waals surface area contributed by atoms with E-state index in [1.807, 2.05) is 21.1 Å². The molecule has 350 valence electrons. The minimum atomic E-state index is -4.63. The molecule has 0 aliphatic carbocycles. The Hall–Kier alpha value is -1.25. The van der Waals surface area contributed by atoms with Crippen molar-refractivity contribution in [2.75, 3.05) is 47.5 Å². The predicted octanol–water partition coefficient (Wildman–Crippen LogP) is 13.9. The van der Waals surface area contributed by atoms with Crippen molar-refractivity contribution in [3.05, 3.63) is 12.2 Å². The number of quaternary nitrogens is 1. The van der Waals surface area contributed by atoms with Gasteiger partial charge in [0.2, 0.25) is 0 Å². The number of esters is 2. The molecule has 0 heterocycles. The molecule has 0 bridgehead atoms. The second-order valence-electron chi connectivity index (χ2n) is 18.2. The molecule has 0 saturated carbocycles. The van der Waals surface area contributed by atoms with E-state index >= 15 is 0 Å². The zero-order valence-electron chi connectivity index (χ0n) is 39.5. The van der Waals surface area contributed by atoms with Crippen molar-refractivity contribution in [2.24, 2.45) is 0 Å². The van der Waals surface area contributed by atoms with E-state index < -0.39 is 32.5 Å². The summed E-state index contributed by atoms with van der Waals surface area (Å²) in [6, 6.07) is 0. The molecule has 0 N–H and O–H groups in total. The van der Waals surface area contributed by atoms with Crippen LogP contribution in [-0.4, -0.2) is 70.0 Å². The number of rotatable bonds is 46. The summed E-state index contributed by atoms with van der Waals surface area (Å²) in [4.78, 5) is 37.6. The highest BCUT2D eigenvalue weighted by atomic mass is 31.2. The zero-order chi connectivity index (χ0) is 43.6. The van der Waals surface area contributed by atoms with Crippen LogP contribution in [0.3, 0.4) is 0 Å². The SMILES string of the molecule is CCCCCCCCCCC/C=C/CCCCC(=O)OC[C@H](COP(=O)([O-])OCC[N+](C)(C)C)OC(=O)CCCCCCCCCCCCCCCCCCCCCC. The predicted molar refractivity (Wildman–Crippen MR) is 245 cm³/mol. The first-order chi connectivity index (χ1) is 28.5. The van der Waals surface area contributed by atoms with Gasteiger partial charge >= 0.3 is 11.9 Å². The largest absolute Gasteiger partial charge is 0.756 e. The molecule has 0 amide bonds. The second-order valence-corrected chi connectivity index (χ2v) is 19.6. The number of likely N-dealkylation sites (N-methyl/N-ethyl adjacent to an activating group) is 1. The molecule has 0 aliphatic rings. The van der Waals surface area contributed by atoms with E-state index in [0.717, 1.165) is 32.1 Å². The first-order valence-electron chi connectivity index (χ1n) is 24.9. The minimum absolute atomic E-state index is 0.0302. The fraction of sp³-hybridized carbons (Fsp3) is 0.918. The number of hydrogen-bond donors (Lipinski definition) is 0. The maximum absolute atomic E-state index is 12.7. The smallest absolute Gasteiger partial charge is 0.306 e. The molecule has 9 nitrogen and oxygen atoms in total. The van der Waals surface area contributed by atoms with Crippen LogP contribution in [0.15, 0.2) is 12.2 Å². The fourth-order valence-electron chi connectivity index (χ4n) is 7.12. The van der Waals surface area contributed by atoms with Crippen LogP contribution in [0.1, 0.15) is 239 Å². The minimum Gasteiger partial charge on any atom is -0.756 e. The highest BCUT2D eigenvalue weighted by molar-refractivity contribution is 7.45. The molecule has 0 rings (SSSR count). The summed E-state index contributed by atoms with van der Waals surface area (Å²) in [6.07, 6.45) is 45.3. The maximum Gasteiger partial charge on any atom is 0.306 e. The lowest BCUT2D eigenvalue weighted by atomic mass is 10.0. The summed E-state index contributed by atoms with van der Waals surface area (Å²) in [7, 11) is 1.17. The van der Waals surface area contributed by atoms with Crippen molar-refractivity contribution in [1.29, 1.82) is 0 Å². The van der Waals surface area contributed by atoms with E-state index in [0.29, 0.717) is 23.9 Å². The summed E-state index contributed by atoms with van der Waals surface area (Å²) >= 11 is 0. The first-order valence-corrected chi connectivity index (χ1v) is 26.4. The molecule has 1 unspecified atom stereocenters. The number of carbonyl (C=O) groups excluding carboxylic acids is 2. The summed E-state index contributed by atoms with van der Waals surface area (Å²) in [5, 5.41) is 0. The molecule has 59 heavy (non-hydrogen) atoms. The Morgan fingerprint density at radius 2 is 0.864 bits per heavy atom. The first kappa shape index (κ1) is 57.8. The Bertz CT molecular complexity index is 1020. The summed E-state index contributed by atoms with van der Waals surface area (Å²) in [6.45, 7) is 4.25. The van der Waals surface area contributed by atoms with Crippen molar-refractivity contribution in [1.82, 2.24) is 0 Å². The van der Waals surface area contributed by atoms with Crippen molar-refractivity contribution < 1.29 is 42.1 Å². The highest BCUT2D eigenvalue weighted by Crippen LogP contribution is 2.38. The highest BCUT2D eigenvalue weighted by Gasteiger charge is 2.21. The Morgan fingerprint density at radius 1 is 0.508 bits per heavy atom. The van der Waals surface area contributed by atoms with Gasteiger partial charge in [-0.25, -0.2) is 0 Å². The zero-order valence-corrected chi connectivity index (χ0v) is 40.4. The lowest BCUT2D eigenvalue weighted by Gasteiger charge is -2.28. The van der Waals surface area contributed by atoms with Gasteiger partial charge in [-0.3, -0.25) is 14.2 Å². The Morgan fingerprint density at radius 3 is 1.29 bits per heavy atom. The van der Waals surface area contributed by atoms with Crippen LogP contribution in [0.25, 0.3) is 0 Å². The number of carbonyl (C=O) groups is 2. The van der Waals surface area contributed by atoms with Crippen LogP contribution in [-0.2, 0) is 32.7 Å². The maximum atomic E-state index is 12.7. The molecule has 0 saturated heterocycles. The van der Waals surface area contributed by atoms with Gasteiger partial charge in [-0.1, -0.05) is 199 Å². The van der Waals surface area contributed by atoms with Crippen molar-refractivity contribution in [3.63, 3.8) is 0 Å². The fourth-order valence-corrected chi connectivity index (χ4v) is 7.85. The van der Waals surface area contributed by atoms with E-state index in [4.69, 9.17) is 18.5 Å². The third-order valence-electron chi connectivity index (χ3n) is 11.0. The van der Waals surface area contributed by atoms with Crippen LogP contribution in [0, 0.1) is 0 Å². The number of allylic oxidation sites excluding steroid dienone is 2. The van der Waals surface area contributed by atoms with Crippen molar-refractivity contribution in [2.45, 2.75) is 245 Å². The van der Waals surface area contributed by atoms with Crippen molar-refractivity contribution >= 4 is 19.8 Å². The number of phosphoric acid groups is 1. The molecular weight excluding hydrogens is 762 g/mol. The molecular formula is C49H96NO8P. The molecule has 0 radical (unpaired) electrons. The normalized spacial score (nSPS) is 13.5. The van der Waals surface area contributed by atoms with Crippen LogP contribution in [0.5, 0.6) is 0 Å². The van der Waals surface area contributed by atoms with E-state index in [-0.39, 0.29) is 26.1 Å². The van der Waals surface area contributed by atoms with Gasteiger partial charge in [0.05, 0.1) is 27.7 Å². The standard InChI is InChI=1S/C49H96NO8P/c1-6-8-10-12-14-16-18-20-22-23-24-25-26-28-30-32-34-36-38-40-42-49(52)58-47(46-57-59(53,54)56-44-43-50(3,4)5)45-55-48(51)41-39-37-35-33-31-29-27-21-19-17-15-13-11-9-7-2/h31,33,47H,6-30,32,34-46H2,1-5H3/b33-31+/t47-/m1/s1. The second kappa shape index (κ2) is 42.1. The Balaban J connectivity index is 4.25. The number of hydrogen-bond acceptors (Lipinski definition) is 8. The van der Waals surface area contributed by atoms with Crippen LogP contribution in [0.4, 0.5) is 0 Å². The topological polar surface area (TPSA) is 111 Å². The average Bonchev–Trinajstić information content (AvgIpc) is 3.19. The lowest BCUT2D eigenvalue weighted by molar-refractivity contribution is -0.870. The number of phosphoric ester groups is 1. The van der Waals surface area contributed by atoms with Gasteiger partial charge in [-0.2, -0.15) is 0 Å². The van der Waals surface area contributed by atoms with Gasteiger partial charge < -0.3 is 27.9 Å². The summed E-state index contributed by atoms with van der Waals surface area (Å²) in [5.41, 5.74) is 0. The van der Waals surface area contributed by atoms with Crippen LogP contribution >= 0.6 is 7.82 Å².